The molecule has 0 radical (unpaired) electrons. The summed E-state index contributed by atoms with van der Waals surface area (Å²) in [5.41, 5.74) is 0.775. The second kappa shape index (κ2) is 4.89. The molecule has 2 unspecified atom stereocenters. The van der Waals surface area contributed by atoms with Crippen molar-refractivity contribution in [2.24, 2.45) is 5.92 Å². The van der Waals surface area contributed by atoms with Crippen LogP contribution in [-0.4, -0.2) is 27.2 Å². The lowest BCUT2D eigenvalue weighted by atomic mass is 10.1. The zero-order valence-electron chi connectivity index (χ0n) is 11.0. The molecule has 104 valence electrons. The van der Waals surface area contributed by atoms with E-state index in [9.17, 15) is 8.42 Å². The highest BCUT2D eigenvalue weighted by atomic mass is 32.2. The number of sulfonamides is 1. The summed E-state index contributed by atoms with van der Waals surface area (Å²) in [5, 5.41) is 0. The van der Waals surface area contributed by atoms with Crippen LogP contribution in [-0.2, 0) is 14.8 Å². The van der Waals surface area contributed by atoms with Crippen LogP contribution in [0.2, 0.25) is 0 Å². The first-order valence-electron chi connectivity index (χ1n) is 6.77. The molecule has 1 aromatic rings. The van der Waals surface area contributed by atoms with E-state index in [1.165, 1.54) is 0 Å². The van der Waals surface area contributed by atoms with Crippen molar-refractivity contribution in [1.82, 2.24) is 4.72 Å². The number of nitrogens with one attached hydrogen (secondary N) is 1. The summed E-state index contributed by atoms with van der Waals surface area (Å²) in [6.07, 6.45) is 3.16. The largest absolute Gasteiger partial charge is 0.376 e. The smallest absolute Gasteiger partial charge is 0.241 e. The Balaban J connectivity index is 1.80. The predicted octanol–water partition coefficient (Wildman–Crippen LogP) is 1.84. The summed E-state index contributed by atoms with van der Waals surface area (Å²) in [7, 11) is -3.44. The lowest BCUT2D eigenvalue weighted by Crippen LogP contribution is -2.41. The molecule has 1 aliphatic carbocycles. The second-order valence-electron chi connectivity index (χ2n) is 5.45. The number of rotatable bonds is 4. The van der Waals surface area contributed by atoms with Crippen molar-refractivity contribution in [2.45, 2.75) is 43.2 Å². The number of aryl methyl sites for hydroxylation is 1. The van der Waals surface area contributed by atoms with Crippen LogP contribution in [0.15, 0.2) is 29.2 Å². The van der Waals surface area contributed by atoms with Gasteiger partial charge in [0.2, 0.25) is 10.0 Å². The molecule has 0 spiro atoms. The summed E-state index contributed by atoms with van der Waals surface area (Å²) in [6.45, 7) is 2.47. The topological polar surface area (TPSA) is 55.4 Å². The maximum Gasteiger partial charge on any atom is 0.241 e. The van der Waals surface area contributed by atoms with E-state index in [1.54, 1.807) is 12.1 Å². The monoisotopic (exact) mass is 281 g/mol. The first-order valence-corrected chi connectivity index (χ1v) is 8.26. The minimum absolute atomic E-state index is 0.0683. The van der Waals surface area contributed by atoms with E-state index < -0.39 is 10.0 Å². The van der Waals surface area contributed by atoms with E-state index in [4.69, 9.17) is 4.74 Å². The minimum Gasteiger partial charge on any atom is -0.376 e. The van der Waals surface area contributed by atoms with Gasteiger partial charge in [-0.2, -0.15) is 0 Å². The van der Waals surface area contributed by atoms with E-state index in [0.717, 1.165) is 24.8 Å². The normalized spacial score (nSPS) is 27.6. The van der Waals surface area contributed by atoms with Crippen LogP contribution in [0.5, 0.6) is 0 Å². The first-order chi connectivity index (χ1) is 9.08. The molecule has 1 heterocycles. The zero-order valence-corrected chi connectivity index (χ0v) is 11.8. The van der Waals surface area contributed by atoms with Crippen LogP contribution in [0, 0.1) is 12.8 Å². The van der Waals surface area contributed by atoms with Gasteiger partial charge in [0.1, 0.15) is 0 Å². The maximum absolute atomic E-state index is 12.4. The third-order valence-electron chi connectivity index (χ3n) is 3.91. The average molecular weight is 281 g/mol. The van der Waals surface area contributed by atoms with Crippen LogP contribution in [0.4, 0.5) is 0 Å². The molecule has 4 nitrogen and oxygen atoms in total. The Kier molecular flexibility index (Phi) is 3.37. The van der Waals surface area contributed by atoms with E-state index in [1.807, 2.05) is 19.1 Å². The lowest BCUT2D eigenvalue weighted by molar-refractivity contribution is 0.0848. The van der Waals surface area contributed by atoms with Crippen LogP contribution in [0.3, 0.4) is 0 Å². The van der Waals surface area contributed by atoms with Crippen LogP contribution >= 0.6 is 0 Å². The Hall–Kier alpha value is -0.910. The molecular formula is C14H19NO3S. The van der Waals surface area contributed by atoms with Gasteiger partial charge in [0, 0.05) is 6.61 Å². The third kappa shape index (κ3) is 2.68. The van der Waals surface area contributed by atoms with Gasteiger partial charge in [0.25, 0.3) is 0 Å². The van der Waals surface area contributed by atoms with Crippen molar-refractivity contribution in [3.63, 3.8) is 0 Å². The maximum atomic E-state index is 12.4. The lowest BCUT2D eigenvalue weighted by Gasteiger charge is -2.20. The van der Waals surface area contributed by atoms with Gasteiger partial charge in [-0.05, 0) is 43.7 Å². The Morgan fingerprint density at radius 1 is 1.21 bits per heavy atom. The molecule has 0 amide bonds. The molecular weight excluding hydrogens is 262 g/mol. The molecule has 1 aromatic carbocycles. The standard InChI is InChI=1S/C14H19NO3S/c1-10-4-2-3-5-13(10)19(16,17)15-12-8-9-18-14(12)11-6-7-11/h2-5,11-12,14-15H,6-9H2,1H3. The molecule has 2 atom stereocenters. The van der Waals surface area contributed by atoms with Crippen molar-refractivity contribution in [2.75, 3.05) is 6.61 Å². The molecule has 1 aliphatic heterocycles. The fourth-order valence-electron chi connectivity index (χ4n) is 2.75. The summed E-state index contributed by atoms with van der Waals surface area (Å²) < 4.78 is 33.4. The van der Waals surface area contributed by atoms with E-state index >= 15 is 0 Å². The van der Waals surface area contributed by atoms with Gasteiger partial charge < -0.3 is 4.74 Å². The molecule has 2 aliphatic rings. The third-order valence-corrected chi connectivity index (χ3v) is 5.56. The molecule has 3 rings (SSSR count). The summed E-state index contributed by atoms with van der Waals surface area (Å²) in [4.78, 5) is 0.372. The summed E-state index contributed by atoms with van der Waals surface area (Å²) >= 11 is 0. The average Bonchev–Trinajstić information content (AvgIpc) is 3.11. The van der Waals surface area contributed by atoms with Crippen LogP contribution in [0.25, 0.3) is 0 Å². The number of hydrogen-bond acceptors (Lipinski definition) is 3. The minimum atomic E-state index is -3.44. The molecule has 2 fully saturated rings. The second-order valence-corrected chi connectivity index (χ2v) is 7.14. The fraction of sp³-hybridized carbons (Fsp3) is 0.571. The van der Waals surface area contributed by atoms with Crippen molar-refractivity contribution >= 4 is 10.0 Å². The zero-order chi connectivity index (χ0) is 13.5. The van der Waals surface area contributed by atoms with Crippen molar-refractivity contribution < 1.29 is 13.2 Å². The predicted molar refractivity (Wildman–Crippen MR) is 72.4 cm³/mol. The number of hydrogen-bond donors (Lipinski definition) is 1. The van der Waals surface area contributed by atoms with Gasteiger partial charge in [-0.1, -0.05) is 18.2 Å². The highest BCUT2D eigenvalue weighted by Gasteiger charge is 2.42. The molecule has 1 N–H and O–H groups in total. The van der Waals surface area contributed by atoms with Gasteiger partial charge in [0.15, 0.2) is 0 Å². The highest BCUT2D eigenvalue weighted by molar-refractivity contribution is 7.89. The molecule has 1 saturated carbocycles. The summed E-state index contributed by atoms with van der Waals surface area (Å²) in [6, 6.07) is 7.00. The van der Waals surface area contributed by atoms with Gasteiger partial charge in [-0.15, -0.1) is 0 Å². The van der Waals surface area contributed by atoms with Gasteiger partial charge >= 0.3 is 0 Å². The Labute approximate surface area is 114 Å². The fourth-order valence-corrected chi connectivity index (χ4v) is 4.27. The molecule has 19 heavy (non-hydrogen) atoms. The van der Waals surface area contributed by atoms with Gasteiger partial charge in [-0.3, -0.25) is 0 Å². The molecule has 0 aromatic heterocycles. The quantitative estimate of drug-likeness (QED) is 0.916. The molecule has 5 heteroatoms. The number of ether oxygens (including phenoxy) is 1. The summed E-state index contributed by atoms with van der Waals surface area (Å²) in [5.74, 6) is 0.548. The molecule has 1 saturated heterocycles. The Morgan fingerprint density at radius 3 is 2.63 bits per heavy atom. The molecule has 0 bridgehead atoms. The van der Waals surface area contributed by atoms with Crippen molar-refractivity contribution in [3.05, 3.63) is 29.8 Å². The first kappa shape index (κ1) is 13.1. The van der Waals surface area contributed by atoms with Crippen molar-refractivity contribution in [1.29, 1.82) is 0 Å². The Morgan fingerprint density at radius 2 is 1.95 bits per heavy atom. The van der Waals surface area contributed by atoms with Gasteiger partial charge in [0.05, 0.1) is 17.0 Å². The van der Waals surface area contributed by atoms with E-state index in [2.05, 4.69) is 4.72 Å². The van der Waals surface area contributed by atoms with E-state index in [0.29, 0.717) is 17.4 Å². The van der Waals surface area contributed by atoms with E-state index in [-0.39, 0.29) is 12.1 Å². The van der Waals surface area contributed by atoms with Crippen molar-refractivity contribution in [3.8, 4) is 0 Å². The Bertz CT molecular complexity index is 566. The SMILES string of the molecule is Cc1ccccc1S(=O)(=O)NC1CCOC1C1CC1. The number of benzene rings is 1. The highest BCUT2D eigenvalue weighted by Crippen LogP contribution is 2.39. The van der Waals surface area contributed by atoms with Crippen LogP contribution < -0.4 is 4.72 Å². The van der Waals surface area contributed by atoms with Gasteiger partial charge in [-0.25, -0.2) is 13.1 Å². The van der Waals surface area contributed by atoms with Crippen LogP contribution in [0.1, 0.15) is 24.8 Å².